The number of carbonyl (C=O) groups is 1. The molecular weight excluding hydrogens is 330 g/mol. The second kappa shape index (κ2) is 9.13. The summed E-state index contributed by atoms with van der Waals surface area (Å²) < 4.78 is 16.3. The monoisotopic (exact) mass is 355 g/mol. The maximum Gasteiger partial charge on any atom is 0.224 e. The Morgan fingerprint density at radius 2 is 1.73 bits per heavy atom. The molecule has 138 valence electrons. The second-order valence-electron chi connectivity index (χ2n) is 6.31. The predicted octanol–water partition coefficient (Wildman–Crippen LogP) is 3.15. The summed E-state index contributed by atoms with van der Waals surface area (Å²) in [4.78, 5) is 12.0. The third kappa shape index (κ3) is 5.15. The molecule has 0 radical (unpaired) electrons. The minimum absolute atomic E-state index is 0.0505. The second-order valence-corrected chi connectivity index (χ2v) is 6.31. The van der Waals surface area contributed by atoms with Gasteiger partial charge < -0.3 is 19.5 Å². The van der Waals surface area contributed by atoms with Crippen LogP contribution in [-0.2, 0) is 17.6 Å². The smallest absolute Gasteiger partial charge is 0.224 e. The van der Waals surface area contributed by atoms with E-state index < -0.39 is 0 Å². The van der Waals surface area contributed by atoms with Gasteiger partial charge in [-0.3, -0.25) is 4.79 Å². The van der Waals surface area contributed by atoms with Gasteiger partial charge in [0.2, 0.25) is 5.91 Å². The Hall–Kier alpha value is -2.69. The van der Waals surface area contributed by atoms with Crippen molar-refractivity contribution in [2.75, 3.05) is 26.9 Å². The molecule has 2 aromatic carbocycles. The Morgan fingerprint density at radius 1 is 1.00 bits per heavy atom. The van der Waals surface area contributed by atoms with Gasteiger partial charge in [-0.05, 0) is 54.7 Å². The molecule has 2 aromatic rings. The van der Waals surface area contributed by atoms with Crippen LogP contribution < -0.4 is 19.5 Å². The fourth-order valence-corrected chi connectivity index (χ4v) is 2.92. The number of rotatable bonds is 8. The van der Waals surface area contributed by atoms with E-state index in [-0.39, 0.29) is 5.91 Å². The van der Waals surface area contributed by atoms with Crippen molar-refractivity contribution in [1.82, 2.24) is 5.32 Å². The minimum atomic E-state index is 0.0505. The molecule has 0 bridgehead atoms. The van der Waals surface area contributed by atoms with Gasteiger partial charge in [-0.1, -0.05) is 18.2 Å². The first-order valence-electron chi connectivity index (χ1n) is 9.03. The number of amides is 1. The Balaban J connectivity index is 1.34. The van der Waals surface area contributed by atoms with E-state index in [2.05, 4.69) is 17.4 Å². The number of nitrogens with one attached hydrogen (secondary N) is 1. The van der Waals surface area contributed by atoms with E-state index >= 15 is 0 Å². The van der Waals surface area contributed by atoms with Crippen molar-refractivity contribution in [1.29, 1.82) is 0 Å². The fraction of sp³-hybridized carbons (Fsp3) is 0.381. The molecule has 1 aliphatic rings. The van der Waals surface area contributed by atoms with E-state index in [0.29, 0.717) is 26.2 Å². The van der Waals surface area contributed by atoms with E-state index in [9.17, 15) is 4.79 Å². The van der Waals surface area contributed by atoms with Crippen molar-refractivity contribution in [2.45, 2.75) is 25.7 Å². The SMILES string of the molecule is COc1ccc(CC(=O)NCCCCc2ccc3c(c2)OCCO3)cc1. The Labute approximate surface area is 154 Å². The largest absolute Gasteiger partial charge is 0.497 e. The molecule has 1 N–H and O–H groups in total. The van der Waals surface area contributed by atoms with Crippen LogP contribution in [0.25, 0.3) is 0 Å². The van der Waals surface area contributed by atoms with Gasteiger partial charge in [0.05, 0.1) is 13.5 Å². The zero-order chi connectivity index (χ0) is 18.2. The van der Waals surface area contributed by atoms with Gasteiger partial charge in [0.15, 0.2) is 11.5 Å². The zero-order valence-electron chi connectivity index (χ0n) is 15.1. The molecule has 1 aliphatic heterocycles. The molecule has 26 heavy (non-hydrogen) atoms. The Kier molecular flexibility index (Phi) is 6.36. The molecule has 1 amide bonds. The van der Waals surface area contributed by atoms with Gasteiger partial charge in [-0.15, -0.1) is 0 Å². The highest BCUT2D eigenvalue weighted by Gasteiger charge is 2.11. The molecule has 0 saturated carbocycles. The number of ether oxygens (including phenoxy) is 3. The van der Waals surface area contributed by atoms with Crippen LogP contribution in [0.15, 0.2) is 42.5 Å². The van der Waals surface area contributed by atoms with Crippen molar-refractivity contribution < 1.29 is 19.0 Å². The summed E-state index contributed by atoms with van der Waals surface area (Å²) >= 11 is 0. The Morgan fingerprint density at radius 3 is 2.50 bits per heavy atom. The van der Waals surface area contributed by atoms with Crippen LogP contribution in [0.5, 0.6) is 17.2 Å². The van der Waals surface area contributed by atoms with Gasteiger partial charge in [0.25, 0.3) is 0 Å². The Bertz CT molecular complexity index is 727. The first kappa shape index (κ1) is 18.1. The summed E-state index contributed by atoms with van der Waals surface area (Å²) in [5, 5.41) is 2.98. The quantitative estimate of drug-likeness (QED) is 0.739. The summed E-state index contributed by atoms with van der Waals surface area (Å²) in [6, 6.07) is 13.7. The lowest BCUT2D eigenvalue weighted by Gasteiger charge is -2.18. The maximum atomic E-state index is 12.0. The first-order valence-corrected chi connectivity index (χ1v) is 9.03. The van der Waals surface area contributed by atoms with E-state index in [4.69, 9.17) is 14.2 Å². The van der Waals surface area contributed by atoms with Crippen LogP contribution in [0, 0.1) is 0 Å². The third-order valence-corrected chi connectivity index (χ3v) is 4.34. The first-order chi connectivity index (χ1) is 12.7. The summed E-state index contributed by atoms with van der Waals surface area (Å²) in [6.45, 7) is 1.92. The zero-order valence-corrected chi connectivity index (χ0v) is 15.1. The van der Waals surface area contributed by atoms with Gasteiger partial charge in [-0.2, -0.15) is 0 Å². The fourth-order valence-electron chi connectivity index (χ4n) is 2.92. The topological polar surface area (TPSA) is 56.8 Å². The average molecular weight is 355 g/mol. The number of aryl methyl sites for hydroxylation is 1. The molecular formula is C21H25NO4. The number of fused-ring (bicyclic) bond motifs is 1. The van der Waals surface area contributed by atoms with Crippen molar-refractivity contribution in [3.63, 3.8) is 0 Å². The van der Waals surface area contributed by atoms with Crippen LogP contribution in [0.2, 0.25) is 0 Å². The molecule has 0 unspecified atom stereocenters. The van der Waals surface area contributed by atoms with Gasteiger partial charge in [0, 0.05) is 6.54 Å². The molecule has 3 rings (SSSR count). The van der Waals surface area contributed by atoms with Crippen molar-refractivity contribution in [3.05, 3.63) is 53.6 Å². The average Bonchev–Trinajstić information content (AvgIpc) is 2.68. The van der Waals surface area contributed by atoms with Gasteiger partial charge in [-0.25, -0.2) is 0 Å². The van der Waals surface area contributed by atoms with Crippen molar-refractivity contribution >= 4 is 5.91 Å². The van der Waals surface area contributed by atoms with Crippen LogP contribution in [0.1, 0.15) is 24.0 Å². The van der Waals surface area contributed by atoms with E-state index in [1.165, 1.54) is 5.56 Å². The molecule has 0 spiro atoms. The van der Waals surface area contributed by atoms with Gasteiger partial charge in [0.1, 0.15) is 19.0 Å². The minimum Gasteiger partial charge on any atom is -0.497 e. The molecule has 0 aromatic heterocycles. The number of methoxy groups -OCH3 is 1. The summed E-state index contributed by atoms with van der Waals surface area (Å²) in [7, 11) is 1.63. The number of hydrogen-bond donors (Lipinski definition) is 1. The molecule has 0 atom stereocenters. The lowest BCUT2D eigenvalue weighted by atomic mass is 10.1. The molecule has 0 aliphatic carbocycles. The van der Waals surface area contributed by atoms with Gasteiger partial charge >= 0.3 is 0 Å². The summed E-state index contributed by atoms with van der Waals surface area (Å²) in [6.07, 6.45) is 3.32. The lowest BCUT2D eigenvalue weighted by molar-refractivity contribution is -0.120. The highest BCUT2D eigenvalue weighted by molar-refractivity contribution is 5.78. The number of carbonyl (C=O) groups excluding carboxylic acids is 1. The van der Waals surface area contributed by atoms with Crippen LogP contribution in [-0.4, -0.2) is 32.8 Å². The van der Waals surface area contributed by atoms with Crippen molar-refractivity contribution in [3.8, 4) is 17.2 Å². The summed E-state index contributed by atoms with van der Waals surface area (Å²) in [5.74, 6) is 2.51. The molecule has 5 nitrogen and oxygen atoms in total. The molecule has 5 heteroatoms. The standard InChI is InChI=1S/C21H25NO4/c1-24-18-8-5-17(6-9-18)15-21(23)22-11-3-2-4-16-7-10-19-20(14-16)26-13-12-25-19/h5-10,14H,2-4,11-13,15H2,1H3,(H,22,23). The number of unbranched alkanes of at least 4 members (excludes halogenated alkanes) is 1. The van der Waals surface area contributed by atoms with E-state index in [0.717, 1.165) is 42.1 Å². The number of benzene rings is 2. The number of hydrogen-bond acceptors (Lipinski definition) is 4. The molecule has 0 saturated heterocycles. The molecule has 1 heterocycles. The van der Waals surface area contributed by atoms with Crippen molar-refractivity contribution in [2.24, 2.45) is 0 Å². The highest BCUT2D eigenvalue weighted by Crippen LogP contribution is 2.31. The lowest BCUT2D eigenvalue weighted by Crippen LogP contribution is -2.26. The van der Waals surface area contributed by atoms with E-state index in [1.54, 1.807) is 7.11 Å². The third-order valence-electron chi connectivity index (χ3n) is 4.34. The normalized spacial score (nSPS) is 12.5. The molecule has 0 fully saturated rings. The van der Waals surface area contributed by atoms with Crippen LogP contribution >= 0.6 is 0 Å². The van der Waals surface area contributed by atoms with Crippen LogP contribution in [0.4, 0.5) is 0 Å². The predicted molar refractivity (Wildman–Crippen MR) is 100 cm³/mol. The van der Waals surface area contributed by atoms with E-state index in [1.807, 2.05) is 30.3 Å². The summed E-state index contributed by atoms with van der Waals surface area (Å²) in [5.41, 5.74) is 2.22. The highest BCUT2D eigenvalue weighted by atomic mass is 16.6. The maximum absolute atomic E-state index is 12.0. The van der Waals surface area contributed by atoms with Crippen LogP contribution in [0.3, 0.4) is 0 Å².